The van der Waals surface area contributed by atoms with Crippen LogP contribution in [0.2, 0.25) is 0 Å². The number of hydrogen-bond acceptors (Lipinski definition) is 9. The molecule has 32 heavy (non-hydrogen) atoms. The second-order valence-corrected chi connectivity index (χ2v) is 9.20. The molecule has 168 valence electrons. The molecular formula is C20H23N7O4S. The topological polar surface area (TPSA) is 160 Å². The highest BCUT2D eigenvalue weighted by Gasteiger charge is 2.27. The molecule has 1 amide bonds. The van der Waals surface area contributed by atoms with Gasteiger partial charge in [-0.15, -0.1) is 4.40 Å². The zero-order valence-electron chi connectivity index (χ0n) is 17.4. The quantitative estimate of drug-likeness (QED) is 0.377. The SMILES string of the molecule is CC(C)(COc1cccc2c1C(N)=NS(O)(O)N2)NC(=O)c1ccnc(-n2ccnc2)c1. The molecule has 2 aromatic heterocycles. The van der Waals surface area contributed by atoms with Crippen LogP contribution >= 0.6 is 11.0 Å². The molecule has 0 atom stereocenters. The van der Waals surface area contributed by atoms with Crippen LogP contribution in [0.15, 0.2) is 59.6 Å². The van der Waals surface area contributed by atoms with Gasteiger partial charge in [-0.25, -0.2) is 9.97 Å². The lowest BCUT2D eigenvalue weighted by atomic mass is 10.1. The van der Waals surface area contributed by atoms with E-state index in [1.165, 1.54) is 0 Å². The molecule has 0 saturated carbocycles. The van der Waals surface area contributed by atoms with E-state index < -0.39 is 16.5 Å². The molecular weight excluding hydrogens is 434 g/mol. The Morgan fingerprint density at radius 2 is 2.12 bits per heavy atom. The van der Waals surface area contributed by atoms with Gasteiger partial charge in [-0.1, -0.05) is 6.07 Å². The molecule has 4 rings (SSSR count). The fraction of sp³-hybridized carbons (Fsp3) is 0.200. The van der Waals surface area contributed by atoms with E-state index in [1.807, 2.05) is 13.8 Å². The molecule has 1 aliphatic heterocycles. The van der Waals surface area contributed by atoms with Crippen molar-refractivity contribution in [1.82, 2.24) is 19.9 Å². The molecule has 12 heteroatoms. The third-order valence-corrected chi connectivity index (χ3v) is 5.52. The maximum atomic E-state index is 12.8. The van der Waals surface area contributed by atoms with Crippen molar-refractivity contribution >= 4 is 28.4 Å². The number of anilines is 1. The van der Waals surface area contributed by atoms with E-state index >= 15 is 0 Å². The van der Waals surface area contributed by atoms with Crippen molar-refractivity contribution < 1.29 is 18.6 Å². The van der Waals surface area contributed by atoms with Gasteiger partial charge in [0.15, 0.2) is 5.84 Å². The zero-order valence-corrected chi connectivity index (χ0v) is 18.2. The summed E-state index contributed by atoms with van der Waals surface area (Å²) in [6.45, 7) is 3.77. The van der Waals surface area contributed by atoms with Gasteiger partial charge in [0.05, 0.1) is 16.8 Å². The molecule has 0 radical (unpaired) electrons. The number of amidine groups is 1. The number of imidazole rings is 1. The Balaban J connectivity index is 1.46. The summed E-state index contributed by atoms with van der Waals surface area (Å²) >= 11 is 0. The highest BCUT2D eigenvalue weighted by Crippen LogP contribution is 2.46. The van der Waals surface area contributed by atoms with Crippen molar-refractivity contribution in [2.75, 3.05) is 11.3 Å². The number of nitrogens with two attached hydrogens (primary N) is 1. The molecule has 0 saturated heterocycles. The molecule has 0 bridgehead atoms. The summed E-state index contributed by atoms with van der Waals surface area (Å²) in [6, 6.07) is 8.32. The Morgan fingerprint density at radius 1 is 1.31 bits per heavy atom. The Morgan fingerprint density at radius 3 is 2.88 bits per heavy atom. The van der Waals surface area contributed by atoms with Crippen molar-refractivity contribution in [3.63, 3.8) is 0 Å². The first-order valence-corrected chi connectivity index (χ1v) is 11.1. The summed E-state index contributed by atoms with van der Waals surface area (Å²) in [5.41, 5.74) is 6.46. The monoisotopic (exact) mass is 457 g/mol. The summed E-state index contributed by atoms with van der Waals surface area (Å²) in [5, 5.41) is 2.95. The Hall–Kier alpha value is -3.61. The molecule has 3 heterocycles. The highest BCUT2D eigenvalue weighted by atomic mass is 32.3. The van der Waals surface area contributed by atoms with Gasteiger partial charge in [0.2, 0.25) is 0 Å². The number of ether oxygens (including phenoxy) is 1. The van der Waals surface area contributed by atoms with E-state index in [4.69, 9.17) is 10.5 Å². The molecule has 1 aromatic carbocycles. The number of aromatic nitrogens is 3. The van der Waals surface area contributed by atoms with Crippen molar-refractivity contribution in [1.29, 1.82) is 0 Å². The average molecular weight is 458 g/mol. The molecule has 11 nitrogen and oxygen atoms in total. The van der Waals surface area contributed by atoms with Gasteiger partial charge < -0.3 is 15.8 Å². The predicted molar refractivity (Wildman–Crippen MR) is 122 cm³/mol. The first kappa shape index (κ1) is 21.6. The zero-order chi connectivity index (χ0) is 22.9. The van der Waals surface area contributed by atoms with E-state index in [1.54, 1.807) is 59.8 Å². The van der Waals surface area contributed by atoms with E-state index in [9.17, 15) is 13.9 Å². The van der Waals surface area contributed by atoms with Crippen LogP contribution in [0.4, 0.5) is 5.69 Å². The number of fused-ring (bicyclic) bond motifs is 1. The molecule has 3 aromatic rings. The number of pyridine rings is 1. The lowest BCUT2D eigenvalue weighted by molar-refractivity contribution is 0.0880. The predicted octanol–water partition coefficient (Wildman–Crippen LogP) is 2.57. The number of carbonyl (C=O) groups is 1. The summed E-state index contributed by atoms with van der Waals surface area (Å²) in [7, 11) is -3.38. The van der Waals surface area contributed by atoms with E-state index in [-0.39, 0.29) is 18.3 Å². The number of amides is 1. The van der Waals surface area contributed by atoms with E-state index in [0.717, 1.165) is 0 Å². The minimum atomic E-state index is -3.38. The number of carbonyl (C=O) groups excluding carboxylic acids is 1. The third kappa shape index (κ3) is 4.66. The number of benzene rings is 1. The average Bonchev–Trinajstić information content (AvgIpc) is 3.26. The fourth-order valence-electron chi connectivity index (χ4n) is 3.12. The van der Waals surface area contributed by atoms with Gasteiger partial charge in [0, 0.05) is 24.2 Å². The van der Waals surface area contributed by atoms with E-state index in [2.05, 4.69) is 24.4 Å². The summed E-state index contributed by atoms with van der Waals surface area (Å²) < 4.78 is 33.5. The fourth-order valence-corrected chi connectivity index (χ4v) is 4.00. The second-order valence-electron chi connectivity index (χ2n) is 7.78. The van der Waals surface area contributed by atoms with Crippen molar-refractivity contribution in [2.45, 2.75) is 19.4 Å². The second kappa shape index (κ2) is 8.15. The summed E-state index contributed by atoms with van der Waals surface area (Å²) in [6.07, 6.45) is 6.53. The minimum absolute atomic E-state index is 0.0417. The number of rotatable bonds is 6. The Labute approximate surface area is 186 Å². The highest BCUT2D eigenvalue weighted by molar-refractivity contribution is 8.24. The van der Waals surface area contributed by atoms with Crippen molar-refractivity contribution in [3.8, 4) is 11.6 Å². The smallest absolute Gasteiger partial charge is 0.252 e. The number of nitrogens with one attached hydrogen (secondary N) is 2. The van der Waals surface area contributed by atoms with Gasteiger partial charge in [0.25, 0.3) is 5.91 Å². The Bertz CT molecular complexity index is 1180. The van der Waals surface area contributed by atoms with Gasteiger partial charge in [0.1, 0.15) is 24.5 Å². The van der Waals surface area contributed by atoms with Crippen LogP contribution in [0.5, 0.6) is 5.75 Å². The molecule has 0 fully saturated rings. The Kier molecular flexibility index (Phi) is 5.50. The first-order valence-electron chi connectivity index (χ1n) is 9.58. The molecule has 0 unspecified atom stereocenters. The van der Waals surface area contributed by atoms with Crippen LogP contribution in [0.25, 0.3) is 5.82 Å². The largest absolute Gasteiger partial charge is 0.490 e. The van der Waals surface area contributed by atoms with Crippen molar-refractivity contribution in [3.05, 3.63) is 66.4 Å². The van der Waals surface area contributed by atoms with Gasteiger partial charge in [-0.05, 0) is 49.1 Å². The van der Waals surface area contributed by atoms with Crippen LogP contribution in [0.1, 0.15) is 29.8 Å². The number of nitrogens with zero attached hydrogens (tertiary/aromatic N) is 4. The summed E-state index contributed by atoms with van der Waals surface area (Å²) in [5.74, 6) is 0.655. The number of hydrogen-bond donors (Lipinski definition) is 5. The normalized spacial score (nSPS) is 15.7. The van der Waals surface area contributed by atoms with Crippen LogP contribution < -0.4 is 20.5 Å². The lowest BCUT2D eigenvalue weighted by Crippen LogP contribution is -2.48. The molecule has 1 aliphatic rings. The van der Waals surface area contributed by atoms with Crippen LogP contribution in [-0.4, -0.2) is 47.5 Å². The van der Waals surface area contributed by atoms with Crippen LogP contribution in [0, 0.1) is 0 Å². The van der Waals surface area contributed by atoms with Crippen LogP contribution in [0.3, 0.4) is 0 Å². The molecule has 0 spiro atoms. The maximum absolute atomic E-state index is 12.8. The molecule has 6 N–H and O–H groups in total. The van der Waals surface area contributed by atoms with Gasteiger partial charge in [-0.2, -0.15) is 0 Å². The standard InChI is InChI=1S/C20H23N7O4S/c1-20(2,24-19(28)13-6-7-23-16(10-13)27-9-8-22-12-27)11-31-15-5-3-4-14-17(15)18(21)26-32(29,30)25-14/h3-10,12,25,29-30H,11H2,1-2H3,(H2,21,26)(H,24,28). The van der Waals surface area contributed by atoms with Gasteiger partial charge >= 0.3 is 0 Å². The first-order chi connectivity index (χ1) is 15.1. The minimum Gasteiger partial charge on any atom is -0.490 e. The summed E-state index contributed by atoms with van der Waals surface area (Å²) in [4.78, 5) is 21.1. The van der Waals surface area contributed by atoms with Crippen molar-refractivity contribution in [2.24, 2.45) is 10.1 Å². The maximum Gasteiger partial charge on any atom is 0.252 e. The molecule has 0 aliphatic carbocycles. The van der Waals surface area contributed by atoms with Crippen LogP contribution in [-0.2, 0) is 0 Å². The lowest BCUT2D eigenvalue weighted by Gasteiger charge is -2.34. The van der Waals surface area contributed by atoms with E-state index in [0.29, 0.717) is 28.4 Å². The van der Waals surface area contributed by atoms with Gasteiger partial charge in [-0.3, -0.25) is 23.2 Å². The third-order valence-electron chi connectivity index (χ3n) is 4.57.